The molecule has 2 nitrogen and oxygen atoms in total. The molecular weight excluding hydrogens is 372 g/mol. The summed E-state index contributed by atoms with van der Waals surface area (Å²) in [4.78, 5) is 5.01. The minimum absolute atomic E-state index is 0.0444. The van der Waals surface area contributed by atoms with E-state index in [1.807, 2.05) is 30.3 Å². The lowest BCUT2D eigenvalue weighted by molar-refractivity contribution is 0.987. The molecule has 4 aromatic rings. The Kier molecular flexibility index (Phi) is 4.24. The van der Waals surface area contributed by atoms with Gasteiger partial charge in [0.05, 0.1) is 11.2 Å². The van der Waals surface area contributed by atoms with Crippen molar-refractivity contribution in [2.45, 2.75) is 5.92 Å². The number of nitrogens with zero attached hydrogens (tertiary/aromatic N) is 2. The number of halogens is 1. The molecule has 1 unspecified atom stereocenters. The zero-order chi connectivity index (χ0) is 17.2. The molecule has 2 aromatic carbocycles. The highest BCUT2D eigenvalue weighted by molar-refractivity contribution is 9.10. The highest BCUT2D eigenvalue weighted by Gasteiger charge is 2.19. The van der Waals surface area contributed by atoms with Gasteiger partial charge in [0.15, 0.2) is 0 Å². The maximum absolute atomic E-state index is 5.01. The van der Waals surface area contributed by atoms with Crippen molar-refractivity contribution in [3.63, 3.8) is 0 Å². The van der Waals surface area contributed by atoms with Crippen molar-refractivity contribution in [3.8, 4) is 11.4 Å². The van der Waals surface area contributed by atoms with Gasteiger partial charge in [0.1, 0.15) is 5.82 Å². The number of fused-ring (bicyclic) bond motifs is 1. The topological polar surface area (TPSA) is 17.3 Å². The molecule has 2 aromatic heterocycles. The van der Waals surface area contributed by atoms with Crippen LogP contribution in [-0.2, 0) is 0 Å². The molecule has 122 valence electrons. The number of imidazole rings is 1. The van der Waals surface area contributed by atoms with E-state index in [4.69, 9.17) is 4.98 Å². The summed E-state index contributed by atoms with van der Waals surface area (Å²) in [5, 5.41) is 0. The Morgan fingerprint density at radius 1 is 0.920 bits per heavy atom. The number of pyridine rings is 1. The second-order valence-corrected chi connectivity index (χ2v) is 6.82. The maximum atomic E-state index is 5.01. The Bertz CT molecular complexity index is 1020. The average Bonchev–Trinajstić information content (AvgIpc) is 3.04. The van der Waals surface area contributed by atoms with Crippen LogP contribution in [-0.4, -0.2) is 9.38 Å². The van der Waals surface area contributed by atoms with Crippen LogP contribution in [0.2, 0.25) is 0 Å². The van der Waals surface area contributed by atoms with Gasteiger partial charge in [0, 0.05) is 22.2 Å². The number of benzene rings is 2. The fraction of sp³-hybridized carbons (Fsp3) is 0.0455. The normalized spacial score (nSPS) is 12.2. The van der Waals surface area contributed by atoms with Crippen LogP contribution in [0.1, 0.15) is 17.2 Å². The lowest BCUT2D eigenvalue weighted by Gasteiger charge is -2.11. The van der Waals surface area contributed by atoms with Crippen molar-refractivity contribution in [2.24, 2.45) is 0 Å². The van der Waals surface area contributed by atoms with Crippen molar-refractivity contribution in [2.75, 3.05) is 0 Å². The van der Waals surface area contributed by atoms with E-state index in [0.29, 0.717) is 0 Å². The Hall–Kier alpha value is -2.65. The molecule has 0 N–H and O–H groups in total. The number of aromatic nitrogens is 2. The Balaban J connectivity index is 1.92. The number of allylic oxidation sites excluding steroid dienone is 1. The van der Waals surface area contributed by atoms with Crippen molar-refractivity contribution in [1.29, 1.82) is 0 Å². The van der Waals surface area contributed by atoms with Gasteiger partial charge in [0.2, 0.25) is 0 Å². The molecule has 0 aliphatic heterocycles. The van der Waals surface area contributed by atoms with Crippen LogP contribution in [0.3, 0.4) is 0 Å². The first-order chi connectivity index (χ1) is 12.3. The molecule has 25 heavy (non-hydrogen) atoms. The predicted octanol–water partition coefficient (Wildman–Crippen LogP) is 6.08. The van der Waals surface area contributed by atoms with Gasteiger partial charge < -0.3 is 0 Å². The van der Waals surface area contributed by atoms with Crippen LogP contribution >= 0.6 is 15.9 Å². The average molecular weight is 389 g/mol. The number of rotatable bonds is 4. The summed E-state index contributed by atoms with van der Waals surface area (Å²) in [5.41, 5.74) is 4.42. The van der Waals surface area contributed by atoms with Crippen LogP contribution in [0, 0.1) is 0 Å². The smallest absolute Gasteiger partial charge is 0.144 e. The fourth-order valence-electron chi connectivity index (χ4n) is 3.16. The fourth-order valence-corrected chi connectivity index (χ4v) is 3.42. The zero-order valence-corrected chi connectivity index (χ0v) is 15.2. The summed E-state index contributed by atoms with van der Waals surface area (Å²) < 4.78 is 3.22. The van der Waals surface area contributed by atoms with E-state index in [-0.39, 0.29) is 5.92 Å². The Morgan fingerprint density at radius 2 is 1.64 bits per heavy atom. The molecule has 0 radical (unpaired) electrons. The molecule has 0 saturated heterocycles. The van der Waals surface area contributed by atoms with Crippen LogP contribution in [0.4, 0.5) is 0 Å². The van der Waals surface area contributed by atoms with Crippen LogP contribution in [0.5, 0.6) is 0 Å². The van der Waals surface area contributed by atoms with Gasteiger partial charge in [-0.05, 0) is 29.8 Å². The van der Waals surface area contributed by atoms with Crippen LogP contribution < -0.4 is 0 Å². The van der Waals surface area contributed by atoms with E-state index in [2.05, 4.69) is 81.6 Å². The molecule has 0 saturated carbocycles. The molecule has 0 fully saturated rings. The third-order valence-corrected chi connectivity index (χ3v) is 4.90. The first kappa shape index (κ1) is 15.9. The summed E-state index contributed by atoms with van der Waals surface area (Å²) in [6.45, 7) is 4.06. The van der Waals surface area contributed by atoms with E-state index in [9.17, 15) is 0 Å². The molecule has 3 heteroatoms. The lowest BCUT2D eigenvalue weighted by Crippen LogP contribution is -1.98. The minimum Gasteiger partial charge on any atom is -0.299 e. The molecular formula is C22H17BrN2. The summed E-state index contributed by atoms with van der Waals surface area (Å²) in [5.74, 6) is 0.998. The molecule has 0 bridgehead atoms. The van der Waals surface area contributed by atoms with E-state index in [1.54, 1.807) is 0 Å². The van der Waals surface area contributed by atoms with E-state index < -0.39 is 0 Å². The first-order valence-corrected chi connectivity index (χ1v) is 8.97. The third kappa shape index (κ3) is 2.92. The first-order valence-electron chi connectivity index (χ1n) is 8.18. The van der Waals surface area contributed by atoms with Crippen molar-refractivity contribution in [3.05, 3.63) is 107 Å². The van der Waals surface area contributed by atoms with Gasteiger partial charge in [-0.15, -0.1) is 6.58 Å². The molecule has 1 atom stereocenters. The summed E-state index contributed by atoms with van der Waals surface area (Å²) in [7, 11) is 0. The molecule has 0 amide bonds. The van der Waals surface area contributed by atoms with Crippen molar-refractivity contribution < 1.29 is 0 Å². The molecule has 4 rings (SSSR count). The SMILES string of the molecule is C=CC(c1ccc(Br)cc1)c1nc(-c2ccccc2)n2ccccc12. The van der Waals surface area contributed by atoms with E-state index in [0.717, 1.165) is 27.1 Å². The standard InChI is InChI=1S/C22H17BrN2/c1-2-19(16-11-13-18(23)14-12-16)21-20-10-6-7-15-25(20)22(24-21)17-8-4-3-5-9-17/h2-15,19H,1H2. The van der Waals surface area contributed by atoms with Gasteiger partial charge in [-0.2, -0.15) is 0 Å². The summed E-state index contributed by atoms with van der Waals surface area (Å²) >= 11 is 3.50. The maximum Gasteiger partial charge on any atom is 0.144 e. The van der Waals surface area contributed by atoms with E-state index in [1.165, 1.54) is 5.56 Å². The molecule has 0 spiro atoms. The highest BCUT2D eigenvalue weighted by Crippen LogP contribution is 2.32. The van der Waals surface area contributed by atoms with Gasteiger partial charge in [-0.3, -0.25) is 4.40 Å². The van der Waals surface area contributed by atoms with Gasteiger partial charge in [0.25, 0.3) is 0 Å². The quantitative estimate of drug-likeness (QED) is 0.387. The largest absolute Gasteiger partial charge is 0.299 e. The summed E-state index contributed by atoms with van der Waals surface area (Å²) in [6, 6.07) is 24.8. The molecule has 0 aliphatic carbocycles. The monoisotopic (exact) mass is 388 g/mol. The number of hydrogen-bond donors (Lipinski definition) is 0. The van der Waals surface area contributed by atoms with Crippen molar-refractivity contribution in [1.82, 2.24) is 9.38 Å². The summed E-state index contributed by atoms with van der Waals surface area (Å²) in [6.07, 6.45) is 4.03. The third-order valence-electron chi connectivity index (χ3n) is 4.37. The van der Waals surface area contributed by atoms with Gasteiger partial charge >= 0.3 is 0 Å². The zero-order valence-electron chi connectivity index (χ0n) is 13.6. The van der Waals surface area contributed by atoms with Crippen LogP contribution in [0.25, 0.3) is 16.9 Å². The molecule has 2 heterocycles. The van der Waals surface area contributed by atoms with Crippen LogP contribution in [0.15, 0.2) is 96.1 Å². The lowest BCUT2D eigenvalue weighted by atomic mass is 9.95. The van der Waals surface area contributed by atoms with Gasteiger partial charge in [-0.25, -0.2) is 4.98 Å². The van der Waals surface area contributed by atoms with Gasteiger partial charge in [-0.1, -0.05) is 70.5 Å². The second-order valence-electron chi connectivity index (χ2n) is 5.91. The van der Waals surface area contributed by atoms with Crippen molar-refractivity contribution >= 4 is 21.4 Å². The molecule has 0 aliphatic rings. The second kappa shape index (κ2) is 6.69. The number of hydrogen-bond acceptors (Lipinski definition) is 1. The predicted molar refractivity (Wildman–Crippen MR) is 107 cm³/mol. The minimum atomic E-state index is 0.0444. The Labute approximate surface area is 155 Å². The highest BCUT2D eigenvalue weighted by atomic mass is 79.9. The Morgan fingerprint density at radius 3 is 2.36 bits per heavy atom. The van der Waals surface area contributed by atoms with E-state index >= 15 is 0 Å².